The smallest absolute Gasteiger partial charge is 0.419 e. The summed E-state index contributed by atoms with van der Waals surface area (Å²) >= 11 is 0. The zero-order valence-corrected chi connectivity index (χ0v) is 66.1. The number of halogens is 6. The number of carboxylic acids is 1. The summed E-state index contributed by atoms with van der Waals surface area (Å²) in [6.45, 7) is 6.29. The second kappa shape index (κ2) is 39.0. The van der Waals surface area contributed by atoms with Gasteiger partial charge in [0.05, 0.1) is 43.3 Å². The molecule has 0 spiro atoms. The lowest BCUT2D eigenvalue weighted by molar-refractivity contribution is -0.166. The molecule has 2 aromatic rings. The molecule has 2 aromatic carbocycles. The number of likely N-dealkylation sites (tertiary alicyclic amines) is 2. The highest BCUT2D eigenvalue weighted by molar-refractivity contribution is 6.01. The monoisotopic (exact) mass is 1570 g/mol. The van der Waals surface area contributed by atoms with E-state index in [0.717, 1.165) is 53.3 Å². The van der Waals surface area contributed by atoms with E-state index in [9.17, 15) is 65.0 Å². The topological polar surface area (TPSA) is 309 Å². The summed E-state index contributed by atoms with van der Waals surface area (Å²) in [4.78, 5) is 187. The van der Waals surface area contributed by atoms with E-state index in [4.69, 9.17) is 9.47 Å². The number of nitrogens with zero attached hydrogens (tertiary/aromatic N) is 9. The minimum atomic E-state index is -4.83. The number of alkyl halides is 6. The number of amides is 11. The van der Waals surface area contributed by atoms with Gasteiger partial charge >= 0.3 is 18.3 Å². The van der Waals surface area contributed by atoms with E-state index < -0.39 is 186 Å². The van der Waals surface area contributed by atoms with Gasteiger partial charge in [0.15, 0.2) is 0 Å². The minimum Gasteiger partial charge on any atom is -0.496 e. The van der Waals surface area contributed by atoms with E-state index in [-0.39, 0.29) is 101 Å². The van der Waals surface area contributed by atoms with Gasteiger partial charge in [-0.05, 0) is 138 Å². The predicted molar refractivity (Wildman–Crippen MR) is 396 cm³/mol. The van der Waals surface area contributed by atoms with Crippen LogP contribution in [0.1, 0.15) is 159 Å². The number of rotatable bonds is 34. The average molecular weight is 1570 g/mol. The second-order valence-electron chi connectivity index (χ2n) is 30.3. The van der Waals surface area contributed by atoms with Crippen molar-refractivity contribution in [1.29, 1.82) is 0 Å². The largest absolute Gasteiger partial charge is 0.496 e. The van der Waals surface area contributed by atoms with Crippen LogP contribution < -0.4 is 20.7 Å². The molecule has 2 saturated carbocycles. The fourth-order valence-corrected chi connectivity index (χ4v) is 16.0. The Balaban J connectivity index is 1.20. The third kappa shape index (κ3) is 21.3. The van der Waals surface area contributed by atoms with Gasteiger partial charge in [0.2, 0.25) is 65.0 Å². The second-order valence-corrected chi connectivity index (χ2v) is 30.3. The Bertz CT molecular complexity index is 3680. The van der Waals surface area contributed by atoms with Crippen molar-refractivity contribution < 1.29 is 98.5 Å². The van der Waals surface area contributed by atoms with Gasteiger partial charge in [0, 0.05) is 88.4 Å². The first kappa shape index (κ1) is 89.3. The first-order valence-electron chi connectivity index (χ1n) is 38.4. The van der Waals surface area contributed by atoms with Crippen LogP contribution in [0.3, 0.4) is 0 Å². The van der Waals surface area contributed by atoms with Crippen LogP contribution in [0.4, 0.5) is 26.3 Å². The maximum atomic E-state index is 15.7. The molecule has 0 radical (unpaired) electrons. The Morgan fingerprint density at radius 2 is 1.38 bits per heavy atom. The van der Waals surface area contributed by atoms with Crippen LogP contribution in [0.5, 0.6) is 5.75 Å². The Morgan fingerprint density at radius 3 is 1.95 bits per heavy atom. The van der Waals surface area contributed by atoms with Crippen molar-refractivity contribution in [2.24, 2.45) is 11.8 Å². The maximum Gasteiger partial charge on any atom is 0.419 e. The van der Waals surface area contributed by atoms with Crippen LogP contribution in [0.25, 0.3) is 0 Å². The number of carboxylic acid groups (broad SMARTS) is 1. The molecule has 0 aromatic heterocycles. The summed E-state index contributed by atoms with van der Waals surface area (Å²) in [5, 5.41) is 18.5. The van der Waals surface area contributed by atoms with Crippen LogP contribution >= 0.6 is 0 Å². The van der Waals surface area contributed by atoms with Crippen molar-refractivity contribution in [1.82, 2.24) is 60.0 Å². The van der Waals surface area contributed by atoms with Gasteiger partial charge in [-0.25, -0.2) is 0 Å². The van der Waals surface area contributed by atoms with E-state index in [0.29, 0.717) is 57.8 Å². The number of likely N-dealkylation sites (N-methyl/N-ethyl adjacent to an activating group) is 7. The molecule has 7 rings (SSSR count). The molecular weight excluding hydrogens is 1460 g/mol. The molecule has 3 aliphatic heterocycles. The number of aliphatic carboxylic acids is 1. The Morgan fingerprint density at radius 1 is 0.721 bits per heavy atom. The molecule has 616 valence electrons. The molecule has 2 saturated heterocycles. The lowest BCUT2D eigenvalue weighted by Gasteiger charge is -2.51. The van der Waals surface area contributed by atoms with Gasteiger partial charge in [0.25, 0.3) is 0 Å². The van der Waals surface area contributed by atoms with E-state index in [1.165, 1.54) is 89.7 Å². The predicted octanol–water partition coefficient (Wildman–Crippen LogP) is 5.93. The standard InChI is InChI=1S/C78H112F6N12O15/c1-14-24-54(85-5)66(100)87-64(47(4)15-2)73(107)94-40-22-28-57(94)70(104)90(9)56-27-18-17-21-39-95(72(56)106)59(41-48-29-33-51(34-30-48)77(79,80)81)69(103)89(8)46-62(97)86-55(36-32-49-31-35-53(78(82,83)84)61(42-49)110-13)67(101)96-45-52(111-16-3)43-60(96)71(105)93(12)76(37-23-38-76)75(109)92(11)65(50-25-19-20-26-50)74(108)91(10)58(44-63(98)99)68(102)88(6)7/h17-18,29-31,33-35,42,47,50,52,54-60,64-65,85H,14-16,19-28,32,36-41,43-46H2,1-13H3,(H,86,97)(H,87,100)(H,98,99)/b18-17-/t47-,52+,54-,55-,56-,57-,58-,59-,60-,64-,65-/m0/s1. The summed E-state index contributed by atoms with van der Waals surface area (Å²) in [7, 11) is 12.3. The molecule has 11 amide bonds. The molecule has 33 heteroatoms. The van der Waals surface area contributed by atoms with Gasteiger partial charge < -0.3 is 74.6 Å². The third-order valence-corrected chi connectivity index (χ3v) is 22.9. The van der Waals surface area contributed by atoms with E-state index >= 15 is 24.0 Å². The normalized spacial score (nSPS) is 20.9. The fraction of sp³-hybridized carbons (Fsp3) is 0.667. The number of nitrogens with one attached hydrogen (secondary N) is 3. The van der Waals surface area contributed by atoms with Crippen molar-refractivity contribution >= 4 is 70.9 Å². The van der Waals surface area contributed by atoms with Crippen molar-refractivity contribution in [3.8, 4) is 5.75 Å². The van der Waals surface area contributed by atoms with Gasteiger partial charge in [-0.1, -0.05) is 76.8 Å². The zero-order chi connectivity index (χ0) is 82.3. The molecule has 4 N–H and O–H groups in total. The van der Waals surface area contributed by atoms with Gasteiger partial charge in [0.1, 0.15) is 59.6 Å². The fourth-order valence-electron chi connectivity index (χ4n) is 16.0. The van der Waals surface area contributed by atoms with Crippen molar-refractivity contribution in [3.05, 3.63) is 76.9 Å². The van der Waals surface area contributed by atoms with Crippen LogP contribution in [-0.2, 0) is 87.5 Å². The summed E-state index contributed by atoms with van der Waals surface area (Å²) in [6.07, 6.45) is -3.25. The highest BCUT2D eigenvalue weighted by Crippen LogP contribution is 2.43. The lowest BCUT2D eigenvalue weighted by Crippen LogP contribution is -2.68. The first-order chi connectivity index (χ1) is 52.3. The Labute approximate surface area is 645 Å². The van der Waals surface area contributed by atoms with Gasteiger partial charge in [-0.15, -0.1) is 0 Å². The molecule has 4 fully saturated rings. The number of carbonyl (C=O) groups is 12. The average Bonchev–Trinajstić information content (AvgIpc) is 1.67. The number of hydrogen-bond acceptors (Lipinski definition) is 15. The van der Waals surface area contributed by atoms with Crippen molar-refractivity contribution in [2.45, 2.75) is 228 Å². The highest BCUT2D eigenvalue weighted by atomic mass is 19.4. The molecule has 0 bridgehead atoms. The minimum absolute atomic E-state index is 0.0786. The van der Waals surface area contributed by atoms with Crippen LogP contribution in [-0.4, -0.2) is 282 Å². The molecule has 2 aliphatic carbocycles. The molecule has 11 atom stereocenters. The Kier molecular flexibility index (Phi) is 31.4. The number of aryl methyl sites for hydroxylation is 1. The summed E-state index contributed by atoms with van der Waals surface area (Å²) in [5.74, 6) is -10.3. The molecule has 111 heavy (non-hydrogen) atoms. The Hall–Kier alpha value is -8.88. The number of ether oxygens (including phenoxy) is 2. The SMILES string of the molecule is CCC[C@H](NC)C(=O)N[C@H](C(=O)N1CCC[C@H]1C(=O)N(C)[C@H]1C/C=C\CCN([C@@H](Cc2ccc(C(F)(F)F)cc2)C(=O)N(C)CC(=O)N[C@@H](CCc2ccc(C(F)(F)F)c(OC)c2)C(=O)N2C[C@H](OCC)C[C@H]2C(=O)N(C)C2(C(=O)N(C)[C@H](C(=O)N(C)[C@@H](CC(=O)O)C(=O)N(C)C)C3CCCC3)CCC2)C1=O)[C@@H](C)CC. The quantitative estimate of drug-likeness (QED) is 0.0466. The van der Waals surface area contributed by atoms with Crippen molar-refractivity contribution in [2.75, 3.05) is 96.3 Å². The van der Waals surface area contributed by atoms with Crippen molar-refractivity contribution in [3.63, 3.8) is 0 Å². The summed E-state index contributed by atoms with van der Waals surface area (Å²) in [6, 6.07) is -4.24. The number of hydrogen-bond donors (Lipinski definition) is 4. The first-order valence-corrected chi connectivity index (χ1v) is 38.4. The lowest BCUT2D eigenvalue weighted by atomic mass is 9.73. The summed E-state index contributed by atoms with van der Waals surface area (Å²) < 4.78 is 95.9. The van der Waals surface area contributed by atoms with E-state index in [1.807, 2.05) is 20.8 Å². The highest BCUT2D eigenvalue weighted by Gasteiger charge is 2.57. The van der Waals surface area contributed by atoms with Crippen LogP contribution in [0.15, 0.2) is 54.6 Å². The summed E-state index contributed by atoms with van der Waals surface area (Å²) in [5.41, 5.74) is -3.32. The zero-order valence-electron chi connectivity index (χ0n) is 66.1. The number of benzene rings is 2. The number of methoxy groups -OCH3 is 1. The van der Waals surface area contributed by atoms with Crippen LogP contribution in [0.2, 0.25) is 0 Å². The molecule has 3 heterocycles. The third-order valence-electron chi connectivity index (χ3n) is 22.9. The number of carbonyl (C=O) groups excluding carboxylic acids is 11. The van der Waals surface area contributed by atoms with E-state index in [1.54, 1.807) is 26.1 Å². The van der Waals surface area contributed by atoms with E-state index in [2.05, 4.69) is 16.0 Å². The van der Waals surface area contributed by atoms with Gasteiger partial charge in [-0.3, -0.25) is 57.5 Å². The molecule has 0 unspecified atom stereocenters. The maximum absolute atomic E-state index is 15.7. The van der Waals surface area contributed by atoms with Gasteiger partial charge in [-0.2, -0.15) is 26.3 Å². The molecule has 5 aliphatic rings. The molecular formula is C78H112F6N12O15. The van der Waals surface area contributed by atoms with Crippen LogP contribution in [0, 0.1) is 11.8 Å². The molecule has 27 nitrogen and oxygen atoms in total.